The standard InChI is InChI=1S/C6H12N4O4S3/c1-4-16(11,12)6-9-8-5(15-6)10(3)17(13,14)7-2/h7H,4H2,1-3H3. The zero-order valence-electron chi connectivity index (χ0n) is 9.41. The van der Waals surface area contributed by atoms with E-state index in [2.05, 4.69) is 14.9 Å². The predicted molar refractivity (Wildman–Crippen MR) is 64.0 cm³/mol. The number of rotatable bonds is 5. The first-order chi connectivity index (χ1) is 7.74. The van der Waals surface area contributed by atoms with Crippen molar-refractivity contribution in [3.63, 3.8) is 0 Å². The van der Waals surface area contributed by atoms with Crippen molar-refractivity contribution in [3.8, 4) is 0 Å². The molecular formula is C6H12N4O4S3. The molecule has 8 nitrogen and oxygen atoms in total. The SMILES string of the molecule is CCS(=O)(=O)c1nnc(N(C)S(=O)(=O)NC)s1. The van der Waals surface area contributed by atoms with Crippen LogP contribution in [0.5, 0.6) is 0 Å². The quantitative estimate of drug-likeness (QED) is 0.765. The van der Waals surface area contributed by atoms with Gasteiger partial charge in [0.05, 0.1) is 5.75 Å². The van der Waals surface area contributed by atoms with E-state index in [4.69, 9.17) is 0 Å². The number of nitrogens with zero attached hydrogens (tertiary/aromatic N) is 3. The molecule has 0 aliphatic rings. The third-order valence-electron chi connectivity index (χ3n) is 1.93. The second kappa shape index (κ2) is 4.84. The molecule has 0 spiro atoms. The summed E-state index contributed by atoms with van der Waals surface area (Å²) in [5.41, 5.74) is 0. The molecule has 0 aromatic carbocycles. The highest BCUT2D eigenvalue weighted by Crippen LogP contribution is 2.24. The lowest BCUT2D eigenvalue weighted by Gasteiger charge is -2.13. The molecule has 0 fully saturated rings. The van der Waals surface area contributed by atoms with Gasteiger partial charge in [0.2, 0.25) is 19.3 Å². The summed E-state index contributed by atoms with van der Waals surface area (Å²) in [6.07, 6.45) is 0. The highest BCUT2D eigenvalue weighted by atomic mass is 32.2. The van der Waals surface area contributed by atoms with Crippen molar-refractivity contribution >= 4 is 36.5 Å². The van der Waals surface area contributed by atoms with E-state index < -0.39 is 20.0 Å². The van der Waals surface area contributed by atoms with Crippen LogP contribution < -0.4 is 9.03 Å². The summed E-state index contributed by atoms with van der Waals surface area (Å²) in [6, 6.07) is 0. The van der Waals surface area contributed by atoms with Gasteiger partial charge < -0.3 is 0 Å². The average molecular weight is 300 g/mol. The van der Waals surface area contributed by atoms with Gasteiger partial charge in [0.25, 0.3) is 0 Å². The summed E-state index contributed by atoms with van der Waals surface area (Å²) in [4.78, 5) is 0. The fraction of sp³-hybridized carbons (Fsp3) is 0.667. The number of aromatic nitrogens is 2. The highest BCUT2D eigenvalue weighted by Gasteiger charge is 2.24. The molecule has 98 valence electrons. The monoisotopic (exact) mass is 300 g/mol. The van der Waals surface area contributed by atoms with E-state index in [1.165, 1.54) is 21.0 Å². The van der Waals surface area contributed by atoms with Crippen LogP contribution in [0, 0.1) is 0 Å². The van der Waals surface area contributed by atoms with Gasteiger partial charge in [-0.25, -0.2) is 17.4 Å². The van der Waals surface area contributed by atoms with Gasteiger partial charge in [0.1, 0.15) is 0 Å². The summed E-state index contributed by atoms with van der Waals surface area (Å²) < 4.78 is 48.6. The van der Waals surface area contributed by atoms with Gasteiger partial charge in [-0.2, -0.15) is 8.42 Å². The van der Waals surface area contributed by atoms with Crippen LogP contribution in [0.2, 0.25) is 0 Å². The largest absolute Gasteiger partial charge is 0.302 e. The van der Waals surface area contributed by atoms with Crippen molar-refractivity contribution in [1.82, 2.24) is 14.9 Å². The first kappa shape index (κ1) is 14.3. The van der Waals surface area contributed by atoms with Crippen LogP contribution in [0.4, 0.5) is 5.13 Å². The van der Waals surface area contributed by atoms with Crippen molar-refractivity contribution < 1.29 is 16.8 Å². The smallest absolute Gasteiger partial charge is 0.234 e. The molecule has 0 aliphatic heterocycles. The minimum absolute atomic E-state index is 0.00799. The lowest BCUT2D eigenvalue weighted by molar-refractivity contribution is 0.586. The summed E-state index contributed by atoms with van der Waals surface area (Å²) >= 11 is 0.711. The topological polar surface area (TPSA) is 109 Å². The molecule has 0 radical (unpaired) electrons. The normalized spacial score (nSPS) is 12.6. The molecule has 0 bridgehead atoms. The Labute approximate surface area is 104 Å². The van der Waals surface area contributed by atoms with E-state index in [0.29, 0.717) is 11.3 Å². The number of hydrogen-bond acceptors (Lipinski definition) is 7. The van der Waals surface area contributed by atoms with Gasteiger partial charge in [0.15, 0.2) is 0 Å². The lowest BCUT2D eigenvalue weighted by Crippen LogP contribution is -2.35. The fourth-order valence-corrected chi connectivity index (χ4v) is 3.69. The molecule has 0 atom stereocenters. The Morgan fingerprint density at radius 1 is 1.29 bits per heavy atom. The number of hydrogen-bond donors (Lipinski definition) is 1. The Morgan fingerprint density at radius 3 is 2.35 bits per heavy atom. The van der Waals surface area contributed by atoms with Crippen LogP contribution >= 0.6 is 11.3 Å². The van der Waals surface area contributed by atoms with Crippen molar-refractivity contribution in [3.05, 3.63) is 0 Å². The maximum Gasteiger partial charge on any atom is 0.302 e. The minimum atomic E-state index is -3.69. The summed E-state index contributed by atoms with van der Waals surface area (Å²) in [5, 5.41) is 7.01. The molecular weight excluding hydrogens is 288 g/mol. The molecule has 0 saturated carbocycles. The molecule has 1 N–H and O–H groups in total. The molecule has 17 heavy (non-hydrogen) atoms. The highest BCUT2D eigenvalue weighted by molar-refractivity contribution is 7.93. The second-order valence-corrected chi connectivity index (χ2v) is 8.24. The molecule has 1 heterocycles. The van der Waals surface area contributed by atoms with E-state index in [1.54, 1.807) is 0 Å². The maximum absolute atomic E-state index is 11.5. The molecule has 0 saturated heterocycles. The van der Waals surface area contributed by atoms with Gasteiger partial charge in [-0.05, 0) is 0 Å². The van der Waals surface area contributed by atoms with Gasteiger partial charge in [-0.15, -0.1) is 10.2 Å². The second-order valence-electron chi connectivity index (χ2n) is 2.93. The molecule has 0 aliphatic carbocycles. The van der Waals surface area contributed by atoms with E-state index in [-0.39, 0.29) is 15.2 Å². The van der Waals surface area contributed by atoms with Crippen molar-refractivity contribution in [2.75, 3.05) is 24.2 Å². The van der Waals surface area contributed by atoms with Crippen LogP contribution in [0.25, 0.3) is 0 Å². The zero-order chi connectivity index (χ0) is 13.3. The average Bonchev–Trinajstić information content (AvgIpc) is 2.77. The number of anilines is 1. The molecule has 1 aromatic rings. The van der Waals surface area contributed by atoms with Gasteiger partial charge in [-0.3, -0.25) is 0 Å². The van der Waals surface area contributed by atoms with Gasteiger partial charge >= 0.3 is 10.2 Å². The number of nitrogens with one attached hydrogen (secondary N) is 1. The van der Waals surface area contributed by atoms with E-state index >= 15 is 0 Å². The van der Waals surface area contributed by atoms with Crippen molar-refractivity contribution in [2.45, 2.75) is 11.3 Å². The zero-order valence-corrected chi connectivity index (χ0v) is 11.9. The van der Waals surface area contributed by atoms with Crippen LogP contribution in [0.1, 0.15) is 6.92 Å². The van der Waals surface area contributed by atoms with E-state index in [9.17, 15) is 16.8 Å². The molecule has 0 amide bonds. The van der Waals surface area contributed by atoms with Gasteiger partial charge in [-0.1, -0.05) is 18.3 Å². The molecule has 1 rings (SSSR count). The van der Waals surface area contributed by atoms with Gasteiger partial charge in [0, 0.05) is 14.1 Å². The lowest BCUT2D eigenvalue weighted by atomic mass is 11.0. The van der Waals surface area contributed by atoms with Crippen LogP contribution in [0.15, 0.2) is 4.34 Å². The van der Waals surface area contributed by atoms with E-state index in [1.807, 2.05) is 0 Å². The van der Waals surface area contributed by atoms with E-state index in [0.717, 1.165) is 4.31 Å². The van der Waals surface area contributed by atoms with Crippen molar-refractivity contribution in [1.29, 1.82) is 0 Å². The van der Waals surface area contributed by atoms with Crippen LogP contribution in [-0.2, 0) is 20.0 Å². The molecule has 0 unspecified atom stereocenters. The third-order valence-corrected chi connectivity index (χ3v) is 6.64. The molecule has 1 aromatic heterocycles. The Morgan fingerprint density at radius 2 is 1.88 bits per heavy atom. The predicted octanol–water partition coefficient (Wildman–Crippen LogP) is -0.768. The van der Waals surface area contributed by atoms with Crippen molar-refractivity contribution in [2.24, 2.45) is 0 Å². The first-order valence-electron chi connectivity index (χ1n) is 4.48. The first-order valence-corrected chi connectivity index (χ1v) is 8.39. The Bertz CT molecular complexity index is 591. The van der Waals surface area contributed by atoms with Crippen LogP contribution in [0.3, 0.4) is 0 Å². The fourth-order valence-electron chi connectivity index (χ4n) is 0.819. The summed E-state index contributed by atoms with van der Waals surface area (Å²) in [7, 11) is -4.65. The Hall–Kier alpha value is -0.780. The summed E-state index contributed by atoms with van der Waals surface area (Å²) in [5.74, 6) is -0.107. The molecule has 11 heteroatoms. The summed E-state index contributed by atoms with van der Waals surface area (Å²) in [6.45, 7) is 1.48. The van der Waals surface area contributed by atoms with Crippen LogP contribution in [-0.4, -0.2) is 46.9 Å². The Balaban J connectivity index is 3.13. The maximum atomic E-state index is 11.5. The number of sulfone groups is 1. The minimum Gasteiger partial charge on any atom is -0.234 e. The third kappa shape index (κ3) is 2.91. The Kier molecular flexibility index (Phi) is 4.06.